The Hall–Kier alpha value is -1.36. The summed E-state index contributed by atoms with van der Waals surface area (Å²) >= 11 is 0. The van der Waals surface area contributed by atoms with Gasteiger partial charge in [-0.15, -0.1) is 0 Å². The van der Waals surface area contributed by atoms with Crippen LogP contribution in [0.1, 0.15) is 38.4 Å². The first-order valence-corrected chi connectivity index (χ1v) is 6.18. The fourth-order valence-corrected chi connectivity index (χ4v) is 2.03. The van der Waals surface area contributed by atoms with Crippen molar-refractivity contribution < 1.29 is 0 Å². The summed E-state index contributed by atoms with van der Waals surface area (Å²) in [4.78, 5) is 21.0. The van der Waals surface area contributed by atoms with E-state index < -0.39 is 0 Å². The Morgan fingerprint density at radius 3 is 2.71 bits per heavy atom. The predicted octanol–water partition coefficient (Wildman–Crippen LogP) is 0.821. The maximum absolute atomic E-state index is 11.6. The molecule has 3 N–H and O–H groups in total. The van der Waals surface area contributed by atoms with Crippen LogP contribution in [-0.4, -0.2) is 29.1 Å². The Bertz CT molecular complexity index is 432. The molecule has 1 aromatic heterocycles. The summed E-state index contributed by atoms with van der Waals surface area (Å²) in [6.45, 7) is 5.81. The number of piperidine rings is 1. The van der Waals surface area contributed by atoms with Crippen LogP contribution in [-0.2, 0) is 0 Å². The van der Waals surface area contributed by atoms with E-state index in [0.717, 1.165) is 37.6 Å². The minimum absolute atomic E-state index is 0.0754. The van der Waals surface area contributed by atoms with E-state index in [-0.39, 0.29) is 17.5 Å². The molecule has 17 heavy (non-hydrogen) atoms. The van der Waals surface area contributed by atoms with Crippen molar-refractivity contribution in [2.45, 2.75) is 38.6 Å². The third-order valence-corrected chi connectivity index (χ3v) is 3.16. The van der Waals surface area contributed by atoms with Gasteiger partial charge in [-0.2, -0.15) is 0 Å². The van der Waals surface area contributed by atoms with E-state index in [1.54, 1.807) is 6.07 Å². The largest absolute Gasteiger partial charge is 0.356 e. The van der Waals surface area contributed by atoms with Crippen LogP contribution in [0.5, 0.6) is 0 Å². The second-order valence-corrected chi connectivity index (χ2v) is 4.97. The summed E-state index contributed by atoms with van der Waals surface area (Å²) in [7, 11) is 0. The van der Waals surface area contributed by atoms with Crippen LogP contribution in [0.3, 0.4) is 0 Å². The number of aromatic amines is 1. The normalized spacial score (nSPS) is 17.8. The molecule has 2 rings (SSSR count). The first-order chi connectivity index (χ1) is 8.06. The monoisotopic (exact) mass is 236 g/mol. The summed E-state index contributed by atoms with van der Waals surface area (Å²) in [6.07, 6.45) is 1.93. The molecule has 0 atom stereocenters. The summed E-state index contributed by atoms with van der Waals surface area (Å²) in [5, 5.41) is 0. The maximum Gasteiger partial charge on any atom is 0.252 e. The van der Waals surface area contributed by atoms with E-state index in [4.69, 9.17) is 5.73 Å². The number of nitrogens with one attached hydrogen (secondary N) is 1. The predicted molar refractivity (Wildman–Crippen MR) is 68.4 cm³/mol. The quantitative estimate of drug-likeness (QED) is 0.797. The van der Waals surface area contributed by atoms with Gasteiger partial charge in [0, 0.05) is 31.1 Å². The van der Waals surface area contributed by atoms with Crippen LogP contribution >= 0.6 is 0 Å². The van der Waals surface area contributed by atoms with Crippen molar-refractivity contribution in [3.8, 4) is 0 Å². The van der Waals surface area contributed by atoms with Crippen molar-refractivity contribution >= 4 is 5.82 Å². The van der Waals surface area contributed by atoms with Gasteiger partial charge in [0.15, 0.2) is 0 Å². The molecule has 1 aromatic rings. The Labute approximate surface area is 101 Å². The van der Waals surface area contributed by atoms with E-state index in [2.05, 4.69) is 14.9 Å². The highest BCUT2D eigenvalue weighted by Crippen LogP contribution is 2.17. The third-order valence-electron chi connectivity index (χ3n) is 3.16. The molecular formula is C12H20N4O. The fraction of sp³-hybridized carbons (Fsp3) is 0.667. The molecule has 5 heteroatoms. The van der Waals surface area contributed by atoms with Crippen LogP contribution in [0.25, 0.3) is 0 Å². The Balaban J connectivity index is 2.23. The van der Waals surface area contributed by atoms with E-state index in [1.807, 2.05) is 13.8 Å². The highest BCUT2D eigenvalue weighted by Gasteiger charge is 2.18. The lowest BCUT2D eigenvalue weighted by Crippen LogP contribution is -2.40. The molecule has 1 aliphatic rings. The molecule has 0 bridgehead atoms. The molecule has 1 saturated heterocycles. The standard InChI is InChI=1S/C12H20N4O/c1-8(2)12-14-10(7-11(17)15-12)16-5-3-9(13)4-6-16/h7-9H,3-6,13H2,1-2H3,(H,14,15,17). The van der Waals surface area contributed by atoms with E-state index in [9.17, 15) is 4.79 Å². The maximum atomic E-state index is 11.6. The summed E-state index contributed by atoms with van der Waals surface area (Å²) in [5.41, 5.74) is 5.79. The number of aromatic nitrogens is 2. The minimum Gasteiger partial charge on any atom is -0.356 e. The van der Waals surface area contributed by atoms with E-state index in [0.29, 0.717) is 0 Å². The van der Waals surface area contributed by atoms with Crippen molar-refractivity contribution in [2.75, 3.05) is 18.0 Å². The van der Waals surface area contributed by atoms with E-state index >= 15 is 0 Å². The number of H-pyrrole nitrogens is 1. The molecule has 0 spiro atoms. The van der Waals surface area contributed by atoms with Crippen LogP contribution in [0.2, 0.25) is 0 Å². The van der Waals surface area contributed by atoms with Gasteiger partial charge in [0.25, 0.3) is 5.56 Å². The zero-order valence-corrected chi connectivity index (χ0v) is 10.4. The molecule has 1 fully saturated rings. The van der Waals surface area contributed by atoms with Gasteiger partial charge in [-0.25, -0.2) is 4.98 Å². The smallest absolute Gasteiger partial charge is 0.252 e. The van der Waals surface area contributed by atoms with Gasteiger partial charge in [0.05, 0.1) is 0 Å². The third kappa shape index (κ3) is 2.85. The molecule has 0 radical (unpaired) electrons. The molecule has 0 saturated carbocycles. The molecule has 0 amide bonds. The highest BCUT2D eigenvalue weighted by atomic mass is 16.1. The Morgan fingerprint density at radius 2 is 2.12 bits per heavy atom. The number of nitrogens with zero attached hydrogens (tertiary/aromatic N) is 2. The lowest BCUT2D eigenvalue weighted by molar-refractivity contribution is 0.497. The second-order valence-electron chi connectivity index (χ2n) is 4.97. The molecule has 1 aliphatic heterocycles. The van der Waals surface area contributed by atoms with Crippen molar-refractivity contribution in [3.05, 3.63) is 22.2 Å². The van der Waals surface area contributed by atoms with Crippen molar-refractivity contribution in [2.24, 2.45) is 5.73 Å². The average Bonchev–Trinajstić information content (AvgIpc) is 2.29. The van der Waals surface area contributed by atoms with Crippen molar-refractivity contribution in [3.63, 3.8) is 0 Å². The van der Waals surface area contributed by atoms with Crippen molar-refractivity contribution in [1.82, 2.24) is 9.97 Å². The molecule has 0 aromatic carbocycles. The number of rotatable bonds is 2. The zero-order valence-electron chi connectivity index (χ0n) is 10.4. The molecular weight excluding hydrogens is 216 g/mol. The van der Waals surface area contributed by atoms with Crippen molar-refractivity contribution in [1.29, 1.82) is 0 Å². The molecule has 2 heterocycles. The van der Waals surface area contributed by atoms with Gasteiger partial charge >= 0.3 is 0 Å². The van der Waals surface area contributed by atoms with Gasteiger partial charge < -0.3 is 15.6 Å². The number of anilines is 1. The van der Waals surface area contributed by atoms with Gasteiger partial charge in [0.2, 0.25) is 0 Å². The average molecular weight is 236 g/mol. The van der Waals surface area contributed by atoms with Crippen LogP contribution in [0.4, 0.5) is 5.82 Å². The first-order valence-electron chi connectivity index (χ1n) is 6.18. The van der Waals surface area contributed by atoms with E-state index in [1.165, 1.54) is 0 Å². The first kappa shape index (κ1) is 12.1. The van der Waals surface area contributed by atoms with Crippen LogP contribution in [0, 0.1) is 0 Å². The molecule has 0 unspecified atom stereocenters. The van der Waals surface area contributed by atoms with Crippen LogP contribution < -0.4 is 16.2 Å². The zero-order chi connectivity index (χ0) is 12.4. The number of hydrogen-bond donors (Lipinski definition) is 2. The topological polar surface area (TPSA) is 75.0 Å². The lowest BCUT2D eigenvalue weighted by Gasteiger charge is -2.31. The Kier molecular flexibility index (Phi) is 3.47. The highest BCUT2D eigenvalue weighted by molar-refractivity contribution is 5.38. The van der Waals surface area contributed by atoms with Gasteiger partial charge in [0.1, 0.15) is 11.6 Å². The lowest BCUT2D eigenvalue weighted by atomic mass is 10.1. The second kappa shape index (κ2) is 4.87. The fourth-order valence-electron chi connectivity index (χ4n) is 2.03. The Morgan fingerprint density at radius 1 is 1.47 bits per heavy atom. The molecule has 0 aliphatic carbocycles. The minimum atomic E-state index is -0.0754. The summed E-state index contributed by atoms with van der Waals surface area (Å²) in [5.74, 6) is 1.77. The van der Waals surface area contributed by atoms with Gasteiger partial charge in [-0.1, -0.05) is 13.8 Å². The molecule has 94 valence electrons. The SMILES string of the molecule is CC(C)c1nc(N2CCC(N)CC2)cc(=O)[nH]1. The summed E-state index contributed by atoms with van der Waals surface area (Å²) < 4.78 is 0. The van der Waals surface area contributed by atoms with Crippen LogP contribution in [0.15, 0.2) is 10.9 Å². The summed E-state index contributed by atoms with van der Waals surface area (Å²) in [6, 6.07) is 1.86. The van der Waals surface area contributed by atoms with Gasteiger partial charge in [-0.05, 0) is 12.8 Å². The number of hydrogen-bond acceptors (Lipinski definition) is 4. The molecule has 5 nitrogen and oxygen atoms in total. The number of nitrogens with two attached hydrogens (primary N) is 1. The van der Waals surface area contributed by atoms with Gasteiger partial charge in [-0.3, -0.25) is 4.79 Å².